The van der Waals surface area contributed by atoms with E-state index in [0.29, 0.717) is 176 Å². The lowest BCUT2D eigenvalue weighted by Crippen LogP contribution is -2.61. The number of hydrogen-bond donors (Lipinski definition) is 8. The van der Waals surface area contributed by atoms with Gasteiger partial charge in [0.15, 0.2) is 17.0 Å². The molecule has 10 heterocycles. The zero-order chi connectivity index (χ0) is 93.7. The molecule has 132 heavy (non-hydrogen) atoms. The quantitative estimate of drug-likeness (QED) is 0.00951. The van der Waals surface area contributed by atoms with Crippen molar-refractivity contribution >= 4 is 75.0 Å². The van der Waals surface area contributed by atoms with E-state index in [1.807, 2.05) is 91.5 Å². The van der Waals surface area contributed by atoms with E-state index in [1.165, 1.54) is 19.3 Å². The maximum absolute atomic E-state index is 14.9. The summed E-state index contributed by atoms with van der Waals surface area (Å²) in [5, 5.41) is 71.8. The molecule has 38 nitrogen and oxygen atoms in total. The first-order valence-electron chi connectivity index (χ1n) is 46.0. The molecule has 2 amide bonds. The van der Waals surface area contributed by atoms with Gasteiger partial charge in [-0.15, -0.1) is 10.2 Å². The first-order chi connectivity index (χ1) is 63.7. The number of carbonyl (C=O) groups excluding carboxylic acids is 6. The zero-order valence-corrected chi connectivity index (χ0v) is 76.7. The van der Waals surface area contributed by atoms with E-state index in [0.717, 1.165) is 50.5 Å². The lowest BCUT2D eigenvalue weighted by Gasteiger charge is -2.42. The number of carbonyl (C=O) groups is 6. The van der Waals surface area contributed by atoms with Gasteiger partial charge in [0.25, 0.3) is 17.7 Å². The number of piperidine rings is 1. The Morgan fingerprint density at radius 2 is 1.55 bits per heavy atom. The van der Waals surface area contributed by atoms with Crippen molar-refractivity contribution in [3.63, 3.8) is 0 Å². The molecule has 0 radical (unpaired) electrons. The molecule has 712 valence electrons. The minimum atomic E-state index is -2.51. The molecule has 11 N–H and O–H groups in total. The van der Waals surface area contributed by atoms with E-state index < -0.39 is 101 Å². The number of ketones is 3. The second-order valence-electron chi connectivity index (χ2n) is 35.6. The van der Waals surface area contributed by atoms with Crippen LogP contribution in [0, 0.1) is 29.6 Å². The van der Waals surface area contributed by atoms with Gasteiger partial charge in [0, 0.05) is 138 Å². The lowest BCUT2D eigenvalue weighted by atomic mass is 9.79. The summed E-state index contributed by atoms with van der Waals surface area (Å²) in [4.78, 5) is 113. The van der Waals surface area contributed by atoms with Crippen molar-refractivity contribution in [2.75, 3.05) is 110 Å². The number of nitrogens with zero attached hydrogens (tertiary/aromatic N) is 16. The largest absolute Gasteiger partial charge is 0.459 e. The molecule has 8 aromatic rings. The number of esters is 1. The number of cyclic esters (lactones) is 1. The SMILES string of the molecule is CO[C@H]1C[C@@H]2CC[C@@H](C)[C@@](O)(O2)C(=O)C(=O)N2CCCC[C@H]2C(=O)OC([C@H](N)C[C@@H]2CCC(n3nncc3-c3cccc(-c4cnc(N5CCN(Cc6cn(CCOCCOCCOCCC(=O)NCCCCn7nc(-c8ccc9oc(N)nc9c8)c8c(N)ncnc87)nn6)C(CO)C5)nc4)c3)[C@H](OC)C2)CC(=O)[C@H](C)/C=C(\C)[C@@H](O)[C@@H](O)C(=O)[C@H](C)C[C@H](C)/C=C/C=CC=C1C. The second kappa shape index (κ2) is 46.7. The number of piperazine rings is 1. The average Bonchev–Trinajstić information content (AvgIpc) is 1.46. The maximum atomic E-state index is 14.9. The third kappa shape index (κ3) is 24.9. The highest BCUT2D eigenvalue weighted by Gasteiger charge is 2.53. The third-order valence-electron chi connectivity index (χ3n) is 26.1. The Kier molecular flexibility index (Phi) is 34.9. The molecular formula is C94H128N20O18. The number of oxazole rings is 1. The molecule has 38 heteroatoms. The Labute approximate surface area is 767 Å². The smallest absolute Gasteiger partial charge is 0.329 e. The van der Waals surface area contributed by atoms with E-state index >= 15 is 0 Å². The van der Waals surface area contributed by atoms with Gasteiger partial charge >= 0.3 is 5.97 Å². The van der Waals surface area contributed by atoms with Gasteiger partial charge in [-0.3, -0.25) is 28.9 Å². The van der Waals surface area contributed by atoms with Gasteiger partial charge in [-0.25, -0.2) is 38.8 Å². The van der Waals surface area contributed by atoms with Crippen molar-refractivity contribution in [1.29, 1.82) is 0 Å². The molecule has 0 spiro atoms. The Hall–Kier alpha value is -10.9. The molecule has 3 unspecified atom stereocenters. The Bertz CT molecular complexity index is 5340. The number of unbranched alkanes of at least 4 members (excludes halogenated alkanes) is 1. The highest BCUT2D eigenvalue weighted by Crippen LogP contribution is 2.42. The number of hydrogen-bond acceptors (Lipinski definition) is 33. The molecule has 3 saturated heterocycles. The van der Waals surface area contributed by atoms with Crippen LogP contribution in [0.25, 0.3) is 55.8 Å². The van der Waals surface area contributed by atoms with Crippen LogP contribution in [0.4, 0.5) is 17.8 Å². The number of fused-ring (bicyclic) bond motifs is 5. The number of nitrogens with one attached hydrogen (secondary N) is 1. The number of aliphatic hydroxyl groups is 4. The number of aryl methyl sites for hydroxylation is 1. The van der Waals surface area contributed by atoms with Crippen LogP contribution in [0.1, 0.15) is 150 Å². The van der Waals surface area contributed by atoms with Crippen LogP contribution in [0.5, 0.6) is 0 Å². The van der Waals surface area contributed by atoms with Crippen LogP contribution in [0.3, 0.4) is 0 Å². The number of nitrogens with two attached hydrogens (primary N) is 3. The predicted molar refractivity (Wildman–Crippen MR) is 489 cm³/mol. The standard InChI is InChI=1S/C94H128N20O18/c1-57-17-10-9-11-18-58(2)78(125-7)47-70-25-22-62(6)94(124,132-70)87(121)90(122)112-30-14-12-21-74(112)91(123)130-79(48-76(116)59(3)42-61(5)85(119)86(120)84(118)60(4)41-57)71(95)43-63-23-26-73(80(44-63)126-8)114-75(51-103-107-114)65-20-16-19-64(45-65)67-49-99-93(100-50-67)110-33-32-109(69(54-110)55-115)52-68-53-111(108-105-68)34-36-128-38-40-129-39-37-127-35-28-81(117)98-29-13-15-31-113-89-82(88(96)101-56-102-89)83(106-113)66-24-27-77-72(46-66)104-92(97)131-77/h9-11,16-20,24,27,42,45-46,49-51,53,56-57,59-60,62-63,69-71,73-74,78-80,85-86,115,119-120,124H,12-15,21-23,25-26,28-41,43-44,47-48,52,54-55,95H2,1-8H3,(H2,97,104)(H,98,117)(H2,96,101,102)/b11-9?,17-10+,58-18?,61-42+/t57-,59-,60-,62-,63+,69?,70+,71-,73?,74+,78+,79?,80-,85-,86+,94-/m1/s1. The molecule has 1 saturated carbocycles. The van der Waals surface area contributed by atoms with Crippen LogP contribution in [-0.2, 0) is 81.6 Å². The number of aromatic nitrogens is 13. The molecule has 13 rings (SSSR count). The Morgan fingerprint density at radius 1 is 0.773 bits per heavy atom. The molecule has 16 atom stereocenters. The van der Waals surface area contributed by atoms with Gasteiger partial charge in [-0.2, -0.15) is 10.1 Å². The lowest BCUT2D eigenvalue weighted by molar-refractivity contribution is -0.265. The van der Waals surface area contributed by atoms with Gasteiger partial charge in [0.2, 0.25) is 17.6 Å². The summed E-state index contributed by atoms with van der Waals surface area (Å²) in [5.41, 5.74) is 27.4. The average molecular weight is 1830 g/mol. The van der Waals surface area contributed by atoms with Crippen molar-refractivity contribution in [2.24, 2.45) is 35.3 Å². The highest BCUT2D eigenvalue weighted by atomic mass is 16.6. The summed E-state index contributed by atoms with van der Waals surface area (Å²) in [6, 6.07) is 10.8. The molecule has 5 aliphatic rings. The molecule has 2 aromatic carbocycles. The van der Waals surface area contributed by atoms with Crippen molar-refractivity contribution in [3.8, 4) is 33.6 Å². The number of methoxy groups -OCH3 is 2. The van der Waals surface area contributed by atoms with Gasteiger partial charge < -0.3 is 90.3 Å². The summed E-state index contributed by atoms with van der Waals surface area (Å²) in [6.07, 6.45) is 19.0. The van der Waals surface area contributed by atoms with Crippen LogP contribution in [0.15, 0.2) is 126 Å². The summed E-state index contributed by atoms with van der Waals surface area (Å²) in [7, 11) is 3.19. The molecule has 4 fully saturated rings. The second-order valence-corrected chi connectivity index (χ2v) is 35.6. The summed E-state index contributed by atoms with van der Waals surface area (Å²) in [6.45, 7) is 16.0. The molecular weight excluding hydrogens is 1700 g/mol. The van der Waals surface area contributed by atoms with Crippen LogP contribution >= 0.6 is 0 Å². The van der Waals surface area contributed by atoms with Gasteiger partial charge in [-0.05, 0) is 144 Å². The number of aliphatic hydroxyl groups excluding tert-OH is 3. The number of amides is 2. The molecule has 1 aliphatic carbocycles. The first kappa shape index (κ1) is 98.6. The fraction of sp³-hybridized carbons (Fsp3) is 0.574. The monoisotopic (exact) mass is 1820 g/mol. The van der Waals surface area contributed by atoms with Crippen LogP contribution in [-0.4, -0.2) is 284 Å². The highest BCUT2D eigenvalue weighted by molar-refractivity contribution is 6.39. The Balaban J connectivity index is 0.554. The van der Waals surface area contributed by atoms with Gasteiger partial charge in [0.1, 0.15) is 53.5 Å². The van der Waals surface area contributed by atoms with Crippen molar-refractivity contribution < 1.29 is 86.8 Å². The fourth-order valence-corrected chi connectivity index (χ4v) is 18.4. The number of allylic oxidation sites excluding steroid dienone is 6. The summed E-state index contributed by atoms with van der Waals surface area (Å²) < 4.78 is 52.7. The predicted octanol–water partition coefficient (Wildman–Crippen LogP) is 7.24. The summed E-state index contributed by atoms with van der Waals surface area (Å²) >= 11 is 0. The van der Waals surface area contributed by atoms with Crippen molar-refractivity contribution in [2.45, 2.75) is 224 Å². The molecule has 2 bridgehead atoms. The number of anilines is 3. The van der Waals surface area contributed by atoms with E-state index in [4.69, 9.17) is 69.8 Å². The minimum absolute atomic E-state index is 0.00436. The third-order valence-corrected chi connectivity index (χ3v) is 26.1. The maximum Gasteiger partial charge on any atom is 0.329 e. The minimum Gasteiger partial charge on any atom is -0.459 e. The number of Topliss-reactive ketones (excluding diaryl/α,β-unsaturated/α-hetero) is 3. The first-order valence-corrected chi connectivity index (χ1v) is 46.0. The van der Waals surface area contributed by atoms with E-state index in [1.54, 1.807) is 69.0 Å². The number of nitrogen functional groups attached to an aromatic ring is 2. The van der Waals surface area contributed by atoms with E-state index in [9.17, 15) is 49.2 Å². The van der Waals surface area contributed by atoms with Gasteiger partial charge in [0.05, 0.1) is 106 Å². The number of benzene rings is 2. The summed E-state index contributed by atoms with van der Waals surface area (Å²) in [5.74, 6) is -8.44. The van der Waals surface area contributed by atoms with E-state index in [2.05, 4.69) is 50.7 Å². The van der Waals surface area contributed by atoms with Crippen molar-refractivity contribution in [1.82, 2.24) is 79.8 Å². The van der Waals surface area contributed by atoms with Crippen molar-refractivity contribution in [3.05, 3.63) is 127 Å². The van der Waals surface area contributed by atoms with Crippen LogP contribution in [0.2, 0.25) is 0 Å². The topological polar surface area (TPSA) is 505 Å². The molecule has 4 aliphatic heterocycles. The number of rotatable bonds is 30. The van der Waals surface area contributed by atoms with E-state index in [-0.39, 0.29) is 93.3 Å². The van der Waals surface area contributed by atoms with Gasteiger partial charge in [-0.1, -0.05) is 92.8 Å². The number of ether oxygens (including phenoxy) is 7. The van der Waals surface area contributed by atoms with Crippen LogP contribution < -0.4 is 27.4 Å². The molecule has 6 aromatic heterocycles. The fourth-order valence-electron chi connectivity index (χ4n) is 18.4. The Morgan fingerprint density at radius 3 is 2.33 bits per heavy atom. The normalized spacial score (nSPS) is 26.7. The zero-order valence-electron chi connectivity index (χ0n) is 76.7.